The molecule has 3 fully saturated rings. The highest BCUT2D eigenvalue weighted by molar-refractivity contribution is 6.34. The Labute approximate surface area is 205 Å². The van der Waals surface area contributed by atoms with Crippen LogP contribution in [0.5, 0.6) is 0 Å². The number of allylic oxidation sites excluding steroid dienone is 1. The maximum atomic E-state index is 13.4. The van der Waals surface area contributed by atoms with Crippen LogP contribution < -0.4 is 0 Å². The molecule has 0 amide bonds. The molecule has 0 aliphatic heterocycles. The van der Waals surface area contributed by atoms with Gasteiger partial charge in [0.15, 0.2) is 17.2 Å². The number of ketones is 2. The summed E-state index contributed by atoms with van der Waals surface area (Å²) in [7, 11) is 0. The van der Waals surface area contributed by atoms with E-state index in [0.717, 1.165) is 24.8 Å². The van der Waals surface area contributed by atoms with Gasteiger partial charge in [0, 0.05) is 29.6 Å². The predicted molar refractivity (Wildman–Crippen MR) is 126 cm³/mol. The molecule has 0 unspecified atom stereocenters. The molecule has 3 saturated carbocycles. The topological polar surface area (TPSA) is 60.4 Å². The predicted octanol–water partition coefficient (Wildman–Crippen LogP) is 5.84. The van der Waals surface area contributed by atoms with E-state index in [0.29, 0.717) is 19.3 Å². The van der Waals surface area contributed by atoms with Crippen molar-refractivity contribution in [2.24, 2.45) is 28.6 Å². The van der Waals surface area contributed by atoms with Crippen LogP contribution in [-0.4, -0.2) is 39.3 Å². The molecule has 0 heterocycles. The van der Waals surface area contributed by atoms with Gasteiger partial charge >= 0.3 is 5.97 Å². The number of carbonyl (C=O) groups is 3. The number of halogens is 3. The van der Waals surface area contributed by atoms with Crippen LogP contribution in [0.25, 0.3) is 0 Å². The van der Waals surface area contributed by atoms with Gasteiger partial charge in [0.25, 0.3) is 0 Å². The van der Waals surface area contributed by atoms with Gasteiger partial charge in [0.2, 0.25) is 0 Å². The van der Waals surface area contributed by atoms with Crippen LogP contribution in [0.1, 0.15) is 72.6 Å². The molecule has 4 aliphatic rings. The Bertz CT molecular complexity index is 886. The number of hydrogen-bond acceptors (Lipinski definition) is 4. The third-order valence-corrected chi connectivity index (χ3v) is 11.5. The number of fused-ring (bicyclic) bond motifs is 5. The molecular weight excluding hydrogens is 471 g/mol. The van der Waals surface area contributed by atoms with Gasteiger partial charge in [-0.25, -0.2) is 0 Å². The fourth-order valence-corrected chi connectivity index (χ4v) is 9.52. The van der Waals surface area contributed by atoms with E-state index in [2.05, 4.69) is 13.8 Å². The van der Waals surface area contributed by atoms with Crippen LogP contribution in [0, 0.1) is 28.6 Å². The Kier molecular flexibility index (Phi) is 6.12. The van der Waals surface area contributed by atoms with Crippen LogP contribution >= 0.6 is 34.8 Å². The average Bonchev–Trinajstić information content (AvgIpc) is 2.96. The molecule has 0 radical (unpaired) electrons. The Balaban J connectivity index is 1.84. The minimum absolute atomic E-state index is 0.0496. The van der Waals surface area contributed by atoms with Crippen LogP contribution in [0.2, 0.25) is 0 Å². The van der Waals surface area contributed by atoms with E-state index in [9.17, 15) is 14.4 Å². The number of hydrogen-bond donors (Lipinski definition) is 0. The second kappa shape index (κ2) is 7.99. The summed E-state index contributed by atoms with van der Waals surface area (Å²) in [6, 6.07) is 0. The molecule has 4 aliphatic carbocycles. The smallest absolute Gasteiger partial charge is 0.306 e. The molecule has 0 aromatic heterocycles. The Morgan fingerprint density at radius 1 is 1.22 bits per heavy atom. The number of esters is 1. The van der Waals surface area contributed by atoms with Gasteiger partial charge in [-0.15, -0.1) is 34.8 Å². The third-order valence-electron chi connectivity index (χ3n) is 9.64. The lowest BCUT2D eigenvalue weighted by atomic mass is 9.45. The minimum atomic E-state index is -1.29. The molecule has 0 bridgehead atoms. The second-order valence-electron chi connectivity index (χ2n) is 10.8. The fraction of sp³-hybridized carbons (Fsp3) is 0.800. The van der Waals surface area contributed by atoms with Gasteiger partial charge in [-0.1, -0.05) is 33.3 Å². The van der Waals surface area contributed by atoms with Crippen molar-refractivity contribution in [3.05, 3.63) is 11.6 Å². The minimum Gasteiger partial charge on any atom is -0.450 e. The molecule has 178 valence electrons. The zero-order valence-corrected chi connectivity index (χ0v) is 21.6. The molecule has 0 N–H and O–H groups in total. The largest absolute Gasteiger partial charge is 0.450 e. The van der Waals surface area contributed by atoms with E-state index >= 15 is 0 Å². The van der Waals surface area contributed by atoms with Gasteiger partial charge in [-0.3, -0.25) is 14.4 Å². The van der Waals surface area contributed by atoms with Crippen LogP contribution in [-0.2, 0) is 19.1 Å². The van der Waals surface area contributed by atoms with Gasteiger partial charge in [0.05, 0.1) is 16.1 Å². The Morgan fingerprint density at radius 3 is 2.53 bits per heavy atom. The van der Waals surface area contributed by atoms with Crippen molar-refractivity contribution in [3.8, 4) is 0 Å². The van der Waals surface area contributed by atoms with Crippen molar-refractivity contribution in [2.45, 2.75) is 88.5 Å². The molecule has 4 nitrogen and oxygen atoms in total. The fourth-order valence-electron chi connectivity index (χ4n) is 8.04. The SMILES string of the molecule is CCC(=O)O[C@@]1(C(=O)CCl)[C@H](C)C[C@H]2[C@@H]3CCC4=CC(=O)CC[C@]4(C)[C@@]3(Cl)[C@@H](Cl)C[C@@]21C. The van der Waals surface area contributed by atoms with E-state index in [4.69, 9.17) is 39.5 Å². The zero-order chi connectivity index (χ0) is 23.7. The summed E-state index contributed by atoms with van der Waals surface area (Å²) in [6.07, 6.45) is 5.95. The maximum Gasteiger partial charge on any atom is 0.306 e. The van der Waals surface area contributed by atoms with E-state index < -0.39 is 27.2 Å². The van der Waals surface area contributed by atoms with Crippen LogP contribution in [0.15, 0.2) is 11.6 Å². The summed E-state index contributed by atoms with van der Waals surface area (Å²) in [5, 5.41) is -0.439. The number of Topliss-reactive ketones (excluding diaryl/α,β-unsaturated/α-hetero) is 1. The molecular formula is C25H33Cl3O4. The average molecular weight is 504 g/mol. The lowest BCUT2D eigenvalue weighted by Gasteiger charge is -2.65. The first-order valence-corrected chi connectivity index (χ1v) is 13.1. The van der Waals surface area contributed by atoms with E-state index in [-0.39, 0.29) is 47.0 Å². The maximum absolute atomic E-state index is 13.4. The molecule has 32 heavy (non-hydrogen) atoms. The third kappa shape index (κ3) is 2.91. The highest BCUT2D eigenvalue weighted by Crippen LogP contribution is 2.73. The lowest BCUT2D eigenvalue weighted by molar-refractivity contribution is -0.192. The van der Waals surface area contributed by atoms with Crippen molar-refractivity contribution in [3.63, 3.8) is 0 Å². The summed E-state index contributed by atoms with van der Waals surface area (Å²) in [4.78, 5) is 37.4. The molecule has 8 atom stereocenters. The summed E-state index contributed by atoms with van der Waals surface area (Å²) in [5.41, 5.74) is -1.21. The standard InChI is InChI=1S/C25H33Cl3O4/c1-5-21(31)32-25(20(30)13-26)14(2)10-18-17-7-6-15-11-16(29)8-9-22(15,3)24(17,28)19(27)12-23(18,25)4/h11,14,17-19H,5-10,12-13H2,1-4H3/t14-,17+,18+,19+,22+,23+,24+,25-/m1/s1. The van der Waals surface area contributed by atoms with Crippen molar-refractivity contribution < 1.29 is 19.1 Å². The van der Waals surface area contributed by atoms with Gasteiger partial charge in [-0.2, -0.15) is 0 Å². The molecule has 4 rings (SSSR count). The molecule has 0 spiro atoms. The lowest BCUT2D eigenvalue weighted by Crippen LogP contribution is -2.68. The van der Waals surface area contributed by atoms with Crippen LogP contribution in [0.4, 0.5) is 0 Å². The van der Waals surface area contributed by atoms with Gasteiger partial charge < -0.3 is 4.74 Å². The van der Waals surface area contributed by atoms with Crippen molar-refractivity contribution in [1.82, 2.24) is 0 Å². The highest BCUT2D eigenvalue weighted by Gasteiger charge is 2.76. The van der Waals surface area contributed by atoms with Crippen molar-refractivity contribution in [2.75, 3.05) is 5.88 Å². The van der Waals surface area contributed by atoms with E-state index in [1.165, 1.54) is 0 Å². The first-order valence-electron chi connectivity index (χ1n) is 11.8. The van der Waals surface area contributed by atoms with Gasteiger partial charge in [0.1, 0.15) is 0 Å². The number of alkyl halides is 3. The van der Waals surface area contributed by atoms with E-state index in [1.807, 2.05) is 6.92 Å². The first-order chi connectivity index (χ1) is 14.9. The number of carbonyl (C=O) groups excluding carboxylic acids is 3. The summed E-state index contributed by atoms with van der Waals surface area (Å²) < 4.78 is 6.06. The second-order valence-corrected chi connectivity index (χ2v) is 12.3. The number of rotatable bonds is 4. The van der Waals surface area contributed by atoms with E-state index in [1.54, 1.807) is 13.0 Å². The molecule has 0 aromatic carbocycles. The highest BCUT2D eigenvalue weighted by atomic mass is 35.5. The summed E-state index contributed by atoms with van der Waals surface area (Å²) in [5.74, 6) is -0.741. The summed E-state index contributed by atoms with van der Waals surface area (Å²) in [6.45, 7) is 7.94. The Hall–Kier alpha value is -0.580. The van der Waals surface area contributed by atoms with Gasteiger partial charge in [-0.05, 0) is 50.0 Å². The Morgan fingerprint density at radius 2 is 1.91 bits per heavy atom. The monoisotopic (exact) mass is 502 g/mol. The van der Waals surface area contributed by atoms with Crippen LogP contribution in [0.3, 0.4) is 0 Å². The first kappa shape index (κ1) is 24.5. The molecule has 7 heteroatoms. The quantitative estimate of drug-likeness (QED) is 0.357. The molecule has 0 saturated heterocycles. The normalized spacial score (nSPS) is 47.7. The molecule has 0 aromatic rings. The van der Waals surface area contributed by atoms with Crippen molar-refractivity contribution >= 4 is 52.3 Å². The number of ether oxygens (including phenoxy) is 1. The van der Waals surface area contributed by atoms with Crippen molar-refractivity contribution in [1.29, 1.82) is 0 Å². The summed E-state index contributed by atoms with van der Waals surface area (Å²) >= 11 is 20.9. The zero-order valence-electron chi connectivity index (χ0n) is 19.3.